The molecule has 21 heteroatoms. The van der Waals surface area contributed by atoms with Gasteiger partial charge in [0.1, 0.15) is 0 Å². The standard InChI is InChI=1S/C4H3N13.C2H6N8/c1-2(6-12-11-5-1)17(3-7-13-14-8-3)4-9-15-16-10-4;3-5-1-2(6-4)8-10-9-7-1/h1H,(H,7,8,13,14)(H,9,10,15,16);3-4H2,(H,5,7,10)(H,6,8,9). The smallest absolute Gasteiger partial charge is 0.278 e. The number of anilines is 5. The van der Waals surface area contributed by atoms with Gasteiger partial charge in [-0.25, -0.2) is 16.6 Å². The van der Waals surface area contributed by atoms with E-state index < -0.39 is 0 Å². The minimum Gasteiger partial charge on any atom is -0.304 e. The molecule has 4 aromatic heterocycles. The lowest BCUT2D eigenvalue weighted by molar-refractivity contribution is 0.755. The third-order valence-corrected chi connectivity index (χ3v) is 2.54. The van der Waals surface area contributed by atoms with E-state index in [4.69, 9.17) is 11.7 Å². The Kier molecular flexibility index (Phi) is 5.37. The van der Waals surface area contributed by atoms with Crippen LogP contribution in [-0.2, 0) is 0 Å². The fourth-order valence-electron chi connectivity index (χ4n) is 1.51. The Hall–Kier alpha value is -4.66. The number of H-pyrrole nitrogens is 2. The van der Waals surface area contributed by atoms with Crippen molar-refractivity contribution in [2.24, 2.45) is 11.7 Å². The third kappa shape index (κ3) is 4.06. The number of nitrogens with two attached hydrogens (primary N) is 2. The van der Waals surface area contributed by atoms with Crippen LogP contribution in [-0.4, -0.2) is 82.5 Å². The molecule has 138 valence electrons. The van der Waals surface area contributed by atoms with Crippen molar-refractivity contribution in [1.82, 2.24) is 82.5 Å². The molecule has 0 aliphatic carbocycles. The first-order valence-corrected chi connectivity index (χ1v) is 6.60. The number of nitrogens with zero attached hydrogens (tertiary/aromatic N) is 15. The van der Waals surface area contributed by atoms with Crippen LogP contribution in [0.5, 0.6) is 0 Å². The summed E-state index contributed by atoms with van der Waals surface area (Å²) in [6.07, 6.45) is 1.35. The van der Waals surface area contributed by atoms with E-state index in [1.807, 2.05) is 0 Å². The van der Waals surface area contributed by atoms with Gasteiger partial charge in [-0.3, -0.25) is 0 Å². The molecule has 0 fully saturated rings. The van der Waals surface area contributed by atoms with Crippen LogP contribution in [0.25, 0.3) is 0 Å². The van der Waals surface area contributed by atoms with Crippen LogP contribution < -0.4 is 27.4 Å². The van der Waals surface area contributed by atoms with Gasteiger partial charge in [0.15, 0.2) is 5.82 Å². The SMILES string of the molecule is NNc1nnnnc1NN.c1nnnnc1N(c1nn[nH]n1)c1nn[nH]n1. The van der Waals surface area contributed by atoms with Crippen LogP contribution >= 0.6 is 0 Å². The predicted octanol–water partition coefficient (Wildman–Crippen LogP) is -4.40. The predicted molar refractivity (Wildman–Crippen MR) is 81.0 cm³/mol. The van der Waals surface area contributed by atoms with Crippen LogP contribution in [0.2, 0.25) is 0 Å². The Balaban J connectivity index is 0.000000180. The van der Waals surface area contributed by atoms with Gasteiger partial charge in [-0.1, -0.05) is 10.2 Å². The van der Waals surface area contributed by atoms with Crippen molar-refractivity contribution in [3.05, 3.63) is 6.20 Å². The zero-order valence-electron chi connectivity index (χ0n) is 12.9. The summed E-state index contributed by atoms with van der Waals surface area (Å²) >= 11 is 0. The first kappa shape index (κ1) is 17.2. The molecule has 0 bridgehead atoms. The molecule has 4 heterocycles. The molecule has 4 aromatic rings. The van der Waals surface area contributed by atoms with Gasteiger partial charge >= 0.3 is 0 Å². The summed E-state index contributed by atoms with van der Waals surface area (Å²) in [6.45, 7) is 0. The topological polar surface area (TPSA) is 291 Å². The molecule has 0 aliphatic rings. The highest BCUT2D eigenvalue weighted by Crippen LogP contribution is 2.23. The first-order valence-electron chi connectivity index (χ1n) is 6.60. The van der Waals surface area contributed by atoms with Crippen molar-refractivity contribution in [2.45, 2.75) is 0 Å². The quantitative estimate of drug-likeness (QED) is 0.141. The summed E-state index contributed by atoms with van der Waals surface area (Å²) in [5, 5.41) is 54.0. The molecular formula is C6H9N21. The lowest BCUT2D eigenvalue weighted by Gasteiger charge is -2.11. The Labute approximate surface area is 146 Å². The number of nitrogen functional groups attached to an aromatic ring is 2. The van der Waals surface area contributed by atoms with Crippen molar-refractivity contribution in [3.63, 3.8) is 0 Å². The van der Waals surface area contributed by atoms with Crippen LogP contribution in [0, 0.1) is 0 Å². The molecule has 21 nitrogen and oxygen atoms in total. The minimum atomic E-state index is 0.175. The highest BCUT2D eigenvalue weighted by molar-refractivity contribution is 5.61. The number of aromatic nitrogens is 16. The van der Waals surface area contributed by atoms with E-state index in [-0.39, 0.29) is 29.4 Å². The van der Waals surface area contributed by atoms with Gasteiger partial charge in [0.05, 0.1) is 6.20 Å². The summed E-state index contributed by atoms with van der Waals surface area (Å²) in [7, 11) is 0. The number of hydrogen-bond donors (Lipinski definition) is 6. The number of hydrogen-bond acceptors (Lipinski definition) is 19. The van der Waals surface area contributed by atoms with Gasteiger partial charge in [0.2, 0.25) is 11.6 Å². The van der Waals surface area contributed by atoms with E-state index in [0.717, 1.165) is 0 Å². The van der Waals surface area contributed by atoms with E-state index >= 15 is 0 Å². The minimum absolute atomic E-state index is 0.175. The highest BCUT2D eigenvalue weighted by atomic mass is 15.6. The number of aromatic amines is 2. The van der Waals surface area contributed by atoms with Crippen molar-refractivity contribution in [2.75, 3.05) is 15.8 Å². The van der Waals surface area contributed by atoms with Gasteiger partial charge in [0, 0.05) is 0 Å². The first-order chi connectivity index (χ1) is 13.3. The van der Waals surface area contributed by atoms with Crippen LogP contribution in [0.1, 0.15) is 0 Å². The Morgan fingerprint density at radius 3 is 1.70 bits per heavy atom. The molecule has 0 atom stereocenters. The molecule has 0 aromatic carbocycles. The lowest BCUT2D eigenvalue weighted by atomic mass is 10.6. The van der Waals surface area contributed by atoms with E-state index in [1.165, 1.54) is 11.1 Å². The Morgan fingerprint density at radius 1 is 0.741 bits per heavy atom. The zero-order chi connectivity index (χ0) is 18.9. The molecular weight excluding hydrogens is 366 g/mol. The molecule has 0 saturated carbocycles. The summed E-state index contributed by atoms with van der Waals surface area (Å²) in [5.41, 5.74) is 4.46. The molecule has 0 spiro atoms. The molecule has 0 radical (unpaired) electrons. The van der Waals surface area contributed by atoms with Crippen LogP contribution in [0.4, 0.5) is 29.4 Å². The highest BCUT2D eigenvalue weighted by Gasteiger charge is 2.22. The average molecular weight is 375 g/mol. The largest absolute Gasteiger partial charge is 0.304 e. The second-order valence-electron chi connectivity index (χ2n) is 4.01. The maximum absolute atomic E-state index is 5.01. The maximum atomic E-state index is 5.01. The van der Waals surface area contributed by atoms with E-state index in [2.05, 4.69) is 93.3 Å². The Bertz CT molecular complexity index is 844. The summed E-state index contributed by atoms with van der Waals surface area (Å²) < 4.78 is 0. The van der Waals surface area contributed by atoms with Gasteiger partial charge in [0.25, 0.3) is 11.9 Å². The monoisotopic (exact) mass is 375 g/mol. The zero-order valence-corrected chi connectivity index (χ0v) is 12.9. The fraction of sp³-hybridized carbons (Fsp3) is 0. The van der Waals surface area contributed by atoms with Crippen molar-refractivity contribution in [1.29, 1.82) is 0 Å². The van der Waals surface area contributed by atoms with Crippen molar-refractivity contribution in [3.8, 4) is 0 Å². The number of hydrazine groups is 2. The molecule has 4 rings (SSSR count). The van der Waals surface area contributed by atoms with Gasteiger partial charge in [-0.15, -0.1) is 30.6 Å². The van der Waals surface area contributed by atoms with E-state index in [0.29, 0.717) is 0 Å². The number of rotatable bonds is 5. The molecule has 0 aliphatic heterocycles. The van der Waals surface area contributed by atoms with Crippen LogP contribution in [0.15, 0.2) is 6.20 Å². The Morgan fingerprint density at radius 2 is 1.30 bits per heavy atom. The van der Waals surface area contributed by atoms with E-state index in [9.17, 15) is 0 Å². The van der Waals surface area contributed by atoms with Gasteiger partial charge < -0.3 is 10.9 Å². The lowest BCUT2D eigenvalue weighted by Crippen LogP contribution is -2.17. The number of nitrogens with one attached hydrogen (secondary N) is 4. The van der Waals surface area contributed by atoms with Gasteiger partial charge in [-0.2, -0.15) is 10.4 Å². The summed E-state index contributed by atoms with van der Waals surface area (Å²) in [5.74, 6) is 11.1. The second kappa shape index (κ2) is 8.44. The third-order valence-electron chi connectivity index (χ3n) is 2.54. The normalized spacial score (nSPS) is 9.85. The maximum Gasteiger partial charge on any atom is 0.278 e. The molecule has 27 heavy (non-hydrogen) atoms. The fourth-order valence-corrected chi connectivity index (χ4v) is 1.51. The number of tetrazole rings is 2. The average Bonchev–Trinajstić information content (AvgIpc) is 3.44. The second-order valence-corrected chi connectivity index (χ2v) is 4.01. The molecule has 0 saturated heterocycles. The molecule has 8 N–H and O–H groups in total. The summed E-state index contributed by atoms with van der Waals surface area (Å²) in [6, 6.07) is 0. The van der Waals surface area contributed by atoms with E-state index in [1.54, 1.807) is 0 Å². The van der Waals surface area contributed by atoms with Crippen molar-refractivity contribution >= 4 is 29.4 Å². The molecule has 0 unspecified atom stereocenters. The van der Waals surface area contributed by atoms with Gasteiger partial charge in [-0.05, 0) is 31.3 Å². The molecule has 0 amide bonds. The van der Waals surface area contributed by atoms with Crippen LogP contribution in [0.3, 0.4) is 0 Å². The summed E-state index contributed by atoms with van der Waals surface area (Å²) in [4.78, 5) is 1.34. The van der Waals surface area contributed by atoms with Crippen molar-refractivity contribution < 1.29 is 0 Å².